The summed E-state index contributed by atoms with van der Waals surface area (Å²) < 4.78 is 1.45. The zero-order chi connectivity index (χ0) is 14.0. The zero-order valence-electron chi connectivity index (χ0n) is 10.8. The van der Waals surface area contributed by atoms with E-state index in [9.17, 15) is 9.59 Å². The first-order chi connectivity index (χ1) is 9.00. The van der Waals surface area contributed by atoms with Crippen molar-refractivity contribution in [3.63, 3.8) is 0 Å². The minimum absolute atomic E-state index is 0.203. The van der Waals surface area contributed by atoms with Crippen LogP contribution in [0.1, 0.15) is 16.1 Å². The Bertz CT molecular complexity index is 643. The van der Waals surface area contributed by atoms with E-state index in [4.69, 9.17) is 5.11 Å². The third-order valence-corrected chi connectivity index (χ3v) is 2.99. The molecule has 0 amide bonds. The van der Waals surface area contributed by atoms with Gasteiger partial charge in [-0.15, -0.1) is 0 Å². The summed E-state index contributed by atoms with van der Waals surface area (Å²) in [5, 5.41) is 11.6. The molecule has 19 heavy (non-hydrogen) atoms. The summed E-state index contributed by atoms with van der Waals surface area (Å²) in [6, 6.07) is 9.56. The third-order valence-electron chi connectivity index (χ3n) is 2.99. The van der Waals surface area contributed by atoms with Crippen molar-refractivity contribution in [2.45, 2.75) is 6.54 Å². The first-order valence-corrected chi connectivity index (χ1v) is 5.78. The first-order valence-electron chi connectivity index (χ1n) is 5.78. The van der Waals surface area contributed by atoms with Gasteiger partial charge in [0.1, 0.15) is 5.56 Å². The topological polar surface area (TPSA) is 78.3 Å². The summed E-state index contributed by atoms with van der Waals surface area (Å²) in [6.07, 6.45) is 0. The number of rotatable bonds is 4. The van der Waals surface area contributed by atoms with E-state index in [-0.39, 0.29) is 5.56 Å². The van der Waals surface area contributed by atoms with Crippen molar-refractivity contribution in [2.24, 2.45) is 7.05 Å². The van der Waals surface area contributed by atoms with Gasteiger partial charge >= 0.3 is 5.97 Å². The van der Waals surface area contributed by atoms with E-state index in [2.05, 4.69) is 5.10 Å². The summed E-state index contributed by atoms with van der Waals surface area (Å²) in [7, 11) is 3.47. The number of anilines is 1. The number of benzene rings is 1. The van der Waals surface area contributed by atoms with Crippen molar-refractivity contribution >= 4 is 11.7 Å². The lowest BCUT2D eigenvalue weighted by molar-refractivity contribution is 0.0694. The Labute approximate surface area is 109 Å². The Morgan fingerprint density at radius 3 is 2.58 bits per heavy atom. The van der Waals surface area contributed by atoms with Gasteiger partial charge in [0.15, 0.2) is 0 Å². The summed E-state index contributed by atoms with van der Waals surface area (Å²) >= 11 is 0. The highest BCUT2D eigenvalue weighted by Crippen LogP contribution is 2.15. The SMILES string of the molecule is CN(Cc1c(C(=O)O)c(=O)[nH]n1C)c1ccccc1. The van der Waals surface area contributed by atoms with Crippen LogP contribution in [0.25, 0.3) is 0 Å². The predicted octanol–water partition coefficient (Wildman–Crippen LogP) is 1.05. The number of para-hydroxylation sites is 1. The average Bonchev–Trinajstić information content (AvgIpc) is 2.65. The van der Waals surface area contributed by atoms with Crippen molar-refractivity contribution < 1.29 is 9.90 Å². The number of nitrogens with one attached hydrogen (secondary N) is 1. The molecule has 0 spiro atoms. The zero-order valence-corrected chi connectivity index (χ0v) is 10.8. The fraction of sp³-hybridized carbons (Fsp3) is 0.231. The quantitative estimate of drug-likeness (QED) is 0.862. The van der Waals surface area contributed by atoms with Gasteiger partial charge in [-0.1, -0.05) is 18.2 Å². The van der Waals surface area contributed by atoms with Gasteiger partial charge in [-0.05, 0) is 12.1 Å². The van der Waals surface area contributed by atoms with E-state index in [0.717, 1.165) is 5.69 Å². The molecule has 2 N–H and O–H groups in total. The summed E-state index contributed by atoms with van der Waals surface area (Å²) in [6.45, 7) is 0.334. The van der Waals surface area contributed by atoms with Gasteiger partial charge in [0, 0.05) is 19.8 Å². The van der Waals surface area contributed by atoms with Crippen LogP contribution in [0.4, 0.5) is 5.69 Å². The lowest BCUT2D eigenvalue weighted by Gasteiger charge is -2.19. The molecule has 1 aromatic heterocycles. The summed E-state index contributed by atoms with van der Waals surface area (Å²) in [5.41, 5.74) is 0.619. The Balaban J connectivity index is 2.34. The molecule has 1 heterocycles. The molecule has 0 fully saturated rings. The molecule has 0 unspecified atom stereocenters. The van der Waals surface area contributed by atoms with Gasteiger partial charge in [-0.25, -0.2) is 4.79 Å². The fourth-order valence-corrected chi connectivity index (χ4v) is 1.98. The van der Waals surface area contributed by atoms with Crippen LogP contribution in [0.15, 0.2) is 35.1 Å². The summed E-state index contributed by atoms with van der Waals surface area (Å²) in [4.78, 5) is 24.6. The number of hydrogen-bond acceptors (Lipinski definition) is 3. The molecular weight excluding hydrogens is 246 g/mol. The van der Waals surface area contributed by atoms with Gasteiger partial charge in [-0.3, -0.25) is 14.6 Å². The number of aryl methyl sites for hydroxylation is 1. The Hall–Kier alpha value is -2.50. The van der Waals surface area contributed by atoms with E-state index in [0.29, 0.717) is 12.2 Å². The number of carbonyl (C=O) groups is 1. The second-order valence-electron chi connectivity index (χ2n) is 4.32. The van der Waals surface area contributed by atoms with E-state index in [1.807, 2.05) is 42.3 Å². The molecule has 6 heteroatoms. The van der Waals surface area contributed by atoms with Crippen LogP contribution in [0.3, 0.4) is 0 Å². The maximum Gasteiger partial charge on any atom is 0.343 e. The van der Waals surface area contributed by atoms with Crippen LogP contribution in [0.2, 0.25) is 0 Å². The molecule has 0 aliphatic carbocycles. The molecular formula is C13H15N3O3. The van der Waals surface area contributed by atoms with E-state index in [1.54, 1.807) is 7.05 Å². The van der Waals surface area contributed by atoms with Crippen LogP contribution in [0.5, 0.6) is 0 Å². The smallest absolute Gasteiger partial charge is 0.343 e. The molecule has 0 aliphatic heterocycles. The van der Waals surface area contributed by atoms with Crippen LogP contribution in [0, 0.1) is 0 Å². The number of carboxylic acids is 1. The van der Waals surface area contributed by atoms with E-state index >= 15 is 0 Å². The molecule has 0 atom stereocenters. The lowest BCUT2D eigenvalue weighted by Crippen LogP contribution is -2.21. The van der Waals surface area contributed by atoms with E-state index in [1.165, 1.54) is 4.68 Å². The molecule has 1 aromatic carbocycles. The number of aromatic amines is 1. The Morgan fingerprint density at radius 2 is 2.00 bits per heavy atom. The highest BCUT2D eigenvalue weighted by molar-refractivity contribution is 5.88. The number of hydrogen-bond donors (Lipinski definition) is 2. The van der Waals surface area contributed by atoms with Gasteiger partial charge < -0.3 is 10.0 Å². The fourth-order valence-electron chi connectivity index (χ4n) is 1.98. The van der Waals surface area contributed by atoms with E-state index < -0.39 is 11.5 Å². The molecule has 6 nitrogen and oxygen atoms in total. The van der Waals surface area contributed by atoms with Crippen LogP contribution < -0.4 is 10.5 Å². The largest absolute Gasteiger partial charge is 0.477 e. The number of H-pyrrole nitrogens is 1. The maximum absolute atomic E-state index is 11.5. The highest BCUT2D eigenvalue weighted by atomic mass is 16.4. The van der Waals surface area contributed by atoms with Gasteiger partial charge in [0.25, 0.3) is 5.56 Å². The predicted molar refractivity (Wildman–Crippen MR) is 71.5 cm³/mol. The van der Waals surface area contributed by atoms with Gasteiger partial charge in [0.05, 0.1) is 12.2 Å². The molecule has 0 saturated carbocycles. The molecule has 2 rings (SSSR count). The van der Waals surface area contributed by atoms with Crippen molar-refractivity contribution in [3.05, 3.63) is 51.9 Å². The molecule has 2 aromatic rings. The van der Waals surface area contributed by atoms with Crippen LogP contribution >= 0.6 is 0 Å². The minimum Gasteiger partial charge on any atom is -0.477 e. The average molecular weight is 261 g/mol. The van der Waals surface area contributed by atoms with Gasteiger partial charge in [0.2, 0.25) is 0 Å². The number of aromatic carboxylic acids is 1. The van der Waals surface area contributed by atoms with Crippen molar-refractivity contribution in [3.8, 4) is 0 Å². The molecule has 0 aliphatic rings. The van der Waals surface area contributed by atoms with Crippen molar-refractivity contribution in [2.75, 3.05) is 11.9 Å². The molecule has 0 bridgehead atoms. The first kappa shape index (κ1) is 12.9. The number of aromatic nitrogens is 2. The normalized spacial score (nSPS) is 10.4. The van der Waals surface area contributed by atoms with Gasteiger partial charge in [-0.2, -0.15) is 0 Å². The Morgan fingerprint density at radius 1 is 1.37 bits per heavy atom. The summed E-state index contributed by atoms with van der Waals surface area (Å²) in [5.74, 6) is -1.21. The van der Waals surface area contributed by atoms with Crippen molar-refractivity contribution in [1.29, 1.82) is 0 Å². The van der Waals surface area contributed by atoms with Crippen LogP contribution in [-0.2, 0) is 13.6 Å². The Kier molecular flexibility index (Phi) is 3.41. The lowest BCUT2D eigenvalue weighted by atomic mass is 10.2. The minimum atomic E-state index is -1.21. The standard InChI is InChI=1S/C13H15N3O3/c1-15(9-6-4-3-5-7-9)8-10-11(13(18)19)12(17)14-16(10)2/h3-7H,8H2,1-2H3,(H,14,17)(H,18,19). The molecule has 0 radical (unpaired) electrons. The van der Waals surface area contributed by atoms with Crippen LogP contribution in [-0.4, -0.2) is 27.9 Å². The maximum atomic E-state index is 11.5. The second kappa shape index (κ2) is 5.01. The number of carboxylic acid groups (broad SMARTS) is 1. The number of nitrogens with zero attached hydrogens (tertiary/aromatic N) is 2. The third kappa shape index (κ3) is 2.52. The molecule has 100 valence electrons. The highest BCUT2D eigenvalue weighted by Gasteiger charge is 2.20. The molecule has 0 saturated heterocycles. The second-order valence-corrected chi connectivity index (χ2v) is 4.32. The monoisotopic (exact) mass is 261 g/mol. The van der Waals surface area contributed by atoms with Crippen molar-refractivity contribution in [1.82, 2.24) is 9.78 Å².